The largest absolute Gasteiger partial charge is 0.490 e. The lowest BCUT2D eigenvalue weighted by molar-refractivity contribution is -0.384. The minimum absolute atomic E-state index is 0.0147. The van der Waals surface area contributed by atoms with E-state index in [0.717, 1.165) is 6.42 Å². The lowest BCUT2D eigenvalue weighted by Crippen LogP contribution is -2.06. The minimum atomic E-state index is -0.649. The number of cyclic esters (lactones) is 1. The Kier molecular flexibility index (Phi) is 6.68. The Labute approximate surface area is 177 Å². The molecule has 0 saturated carbocycles. The van der Waals surface area contributed by atoms with Crippen molar-refractivity contribution in [1.82, 2.24) is 0 Å². The molecule has 0 aliphatic carbocycles. The molecule has 1 aliphatic heterocycles. The van der Waals surface area contributed by atoms with Crippen LogP contribution in [0.15, 0.2) is 47.1 Å². The third-order valence-electron chi connectivity index (χ3n) is 4.05. The third kappa shape index (κ3) is 4.77. The van der Waals surface area contributed by atoms with E-state index in [4.69, 9.17) is 25.8 Å². The van der Waals surface area contributed by atoms with Gasteiger partial charge in [-0.3, -0.25) is 10.1 Å². The van der Waals surface area contributed by atoms with E-state index in [1.54, 1.807) is 24.3 Å². The molecular weight excluding hydrogens is 412 g/mol. The summed E-state index contributed by atoms with van der Waals surface area (Å²) in [5, 5.41) is 10.9. The van der Waals surface area contributed by atoms with Crippen LogP contribution in [0.3, 0.4) is 0 Å². The molecule has 3 rings (SSSR count). The normalized spacial score (nSPS) is 14.4. The number of hydrogen-bond acceptors (Lipinski definition) is 7. The van der Waals surface area contributed by atoms with Gasteiger partial charge < -0.3 is 14.2 Å². The van der Waals surface area contributed by atoms with Crippen LogP contribution < -0.4 is 9.47 Å². The van der Waals surface area contributed by atoms with Crippen molar-refractivity contribution in [3.05, 3.63) is 68.4 Å². The standard InChI is InChI=1S/C21H19ClN2O6/c1-3-9-29-18-8-5-13(11-19(18)28-4-2)10-17-21(25)30-20(23-17)15-7-6-14(24(26)27)12-16(15)22/h5-8,10-12H,3-4,9H2,1-2H3/b17-10+. The van der Waals surface area contributed by atoms with Crippen LogP contribution in [0.25, 0.3) is 6.08 Å². The van der Waals surface area contributed by atoms with Crippen molar-refractivity contribution in [3.8, 4) is 11.5 Å². The maximum absolute atomic E-state index is 12.3. The van der Waals surface area contributed by atoms with Crippen molar-refractivity contribution >= 4 is 35.2 Å². The average Bonchev–Trinajstić information content (AvgIpc) is 3.07. The van der Waals surface area contributed by atoms with Gasteiger partial charge in [0.2, 0.25) is 5.90 Å². The van der Waals surface area contributed by atoms with Crippen molar-refractivity contribution < 1.29 is 23.9 Å². The van der Waals surface area contributed by atoms with Crippen LogP contribution in [0.5, 0.6) is 11.5 Å². The Hall–Kier alpha value is -3.39. The first-order chi connectivity index (χ1) is 14.4. The molecule has 0 saturated heterocycles. The Bertz CT molecular complexity index is 1050. The van der Waals surface area contributed by atoms with Gasteiger partial charge in [-0.05, 0) is 43.2 Å². The van der Waals surface area contributed by atoms with Crippen molar-refractivity contribution in [1.29, 1.82) is 0 Å². The zero-order valence-electron chi connectivity index (χ0n) is 16.4. The van der Waals surface area contributed by atoms with Crippen LogP contribution in [0.2, 0.25) is 5.02 Å². The topological polar surface area (TPSA) is 100 Å². The molecule has 2 aromatic carbocycles. The lowest BCUT2D eigenvalue weighted by Gasteiger charge is -2.12. The molecule has 0 atom stereocenters. The number of halogens is 1. The van der Waals surface area contributed by atoms with Crippen LogP contribution in [0, 0.1) is 10.1 Å². The SMILES string of the molecule is CCCOc1ccc(/C=C2/N=C(c3ccc([N+](=O)[O-])cc3Cl)OC2=O)cc1OCC. The number of nitro groups is 1. The second kappa shape index (κ2) is 9.41. The summed E-state index contributed by atoms with van der Waals surface area (Å²) in [7, 11) is 0. The van der Waals surface area contributed by atoms with Crippen LogP contribution in [-0.4, -0.2) is 30.0 Å². The van der Waals surface area contributed by atoms with Gasteiger partial charge >= 0.3 is 5.97 Å². The van der Waals surface area contributed by atoms with Gasteiger partial charge in [-0.25, -0.2) is 9.79 Å². The molecule has 2 aromatic rings. The van der Waals surface area contributed by atoms with E-state index in [2.05, 4.69) is 4.99 Å². The van der Waals surface area contributed by atoms with E-state index < -0.39 is 10.9 Å². The molecule has 0 aromatic heterocycles. The fourth-order valence-corrected chi connectivity index (χ4v) is 2.94. The molecule has 0 bridgehead atoms. The molecule has 0 amide bonds. The van der Waals surface area contributed by atoms with Gasteiger partial charge in [0.05, 0.1) is 28.7 Å². The summed E-state index contributed by atoms with van der Waals surface area (Å²) >= 11 is 6.10. The number of aliphatic imine (C=N–C) groups is 1. The second-order valence-electron chi connectivity index (χ2n) is 6.24. The molecule has 0 unspecified atom stereocenters. The summed E-state index contributed by atoms with van der Waals surface area (Å²) in [6, 6.07) is 9.13. The van der Waals surface area contributed by atoms with Crippen LogP contribution in [0.4, 0.5) is 5.69 Å². The zero-order valence-corrected chi connectivity index (χ0v) is 17.1. The van der Waals surface area contributed by atoms with Gasteiger partial charge in [-0.2, -0.15) is 0 Å². The molecule has 30 heavy (non-hydrogen) atoms. The third-order valence-corrected chi connectivity index (χ3v) is 4.36. The maximum Gasteiger partial charge on any atom is 0.363 e. The molecule has 0 radical (unpaired) electrons. The minimum Gasteiger partial charge on any atom is -0.490 e. The van der Waals surface area contributed by atoms with E-state index >= 15 is 0 Å². The lowest BCUT2D eigenvalue weighted by atomic mass is 10.1. The predicted molar refractivity (Wildman–Crippen MR) is 112 cm³/mol. The zero-order chi connectivity index (χ0) is 21.7. The van der Waals surface area contributed by atoms with Gasteiger partial charge in [0.15, 0.2) is 17.2 Å². The number of carbonyl (C=O) groups excluding carboxylic acids is 1. The van der Waals surface area contributed by atoms with E-state index in [1.165, 1.54) is 18.2 Å². The number of hydrogen-bond donors (Lipinski definition) is 0. The molecule has 8 nitrogen and oxygen atoms in total. The summed E-state index contributed by atoms with van der Waals surface area (Å²) in [4.78, 5) is 26.7. The predicted octanol–water partition coefficient (Wildman–Crippen LogP) is 4.78. The van der Waals surface area contributed by atoms with Crippen molar-refractivity contribution in [2.45, 2.75) is 20.3 Å². The van der Waals surface area contributed by atoms with Crippen molar-refractivity contribution in [3.63, 3.8) is 0 Å². The highest BCUT2D eigenvalue weighted by molar-refractivity contribution is 6.34. The summed E-state index contributed by atoms with van der Waals surface area (Å²) in [5.41, 5.74) is 0.869. The monoisotopic (exact) mass is 430 g/mol. The first-order valence-corrected chi connectivity index (χ1v) is 9.67. The number of ether oxygens (including phenoxy) is 3. The van der Waals surface area contributed by atoms with Crippen LogP contribution in [0.1, 0.15) is 31.4 Å². The van der Waals surface area contributed by atoms with Crippen molar-refractivity contribution in [2.24, 2.45) is 4.99 Å². The average molecular weight is 431 g/mol. The molecule has 1 aliphatic rings. The van der Waals surface area contributed by atoms with E-state index in [0.29, 0.717) is 30.3 Å². The fraction of sp³-hybridized carbons (Fsp3) is 0.238. The van der Waals surface area contributed by atoms with E-state index in [-0.39, 0.29) is 27.9 Å². The molecular formula is C21H19ClN2O6. The van der Waals surface area contributed by atoms with Gasteiger partial charge in [0.1, 0.15) is 0 Å². The highest BCUT2D eigenvalue weighted by atomic mass is 35.5. The smallest absolute Gasteiger partial charge is 0.363 e. The first kappa shape index (κ1) is 21.3. The fourth-order valence-electron chi connectivity index (χ4n) is 2.69. The van der Waals surface area contributed by atoms with Crippen LogP contribution in [-0.2, 0) is 9.53 Å². The number of non-ortho nitro benzene ring substituents is 1. The second-order valence-corrected chi connectivity index (χ2v) is 6.65. The van der Waals surface area contributed by atoms with Crippen LogP contribution >= 0.6 is 11.6 Å². The first-order valence-electron chi connectivity index (χ1n) is 9.29. The van der Waals surface area contributed by atoms with Crippen molar-refractivity contribution in [2.75, 3.05) is 13.2 Å². The molecule has 156 valence electrons. The number of rotatable bonds is 8. The summed E-state index contributed by atoms with van der Waals surface area (Å²) in [6.07, 6.45) is 2.42. The quantitative estimate of drug-likeness (QED) is 0.258. The van der Waals surface area contributed by atoms with Gasteiger partial charge in [0.25, 0.3) is 5.69 Å². The van der Waals surface area contributed by atoms with E-state index in [1.807, 2.05) is 13.8 Å². The number of nitrogens with zero attached hydrogens (tertiary/aromatic N) is 2. The van der Waals surface area contributed by atoms with Gasteiger partial charge in [0, 0.05) is 12.1 Å². The molecule has 1 heterocycles. The summed E-state index contributed by atoms with van der Waals surface area (Å²) in [5.74, 6) is 0.522. The number of esters is 1. The molecule has 9 heteroatoms. The summed E-state index contributed by atoms with van der Waals surface area (Å²) < 4.78 is 16.5. The summed E-state index contributed by atoms with van der Waals surface area (Å²) in [6.45, 7) is 4.91. The Morgan fingerprint density at radius 2 is 1.97 bits per heavy atom. The van der Waals surface area contributed by atoms with Gasteiger partial charge in [-0.1, -0.05) is 24.6 Å². The van der Waals surface area contributed by atoms with Gasteiger partial charge in [-0.15, -0.1) is 0 Å². The molecule has 0 N–H and O–H groups in total. The molecule has 0 fully saturated rings. The molecule has 0 spiro atoms. The van der Waals surface area contributed by atoms with E-state index in [9.17, 15) is 14.9 Å². The number of carbonyl (C=O) groups is 1. The number of nitro benzene ring substituents is 1. The highest BCUT2D eigenvalue weighted by Crippen LogP contribution is 2.31. The number of benzene rings is 2. The maximum atomic E-state index is 12.3. The Morgan fingerprint density at radius 1 is 1.17 bits per heavy atom. The Balaban J connectivity index is 1.90. The highest BCUT2D eigenvalue weighted by Gasteiger charge is 2.26. The Morgan fingerprint density at radius 3 is 2.63 bits per heavy atom.